The van der Waals surface area contributed by atoms with Crippen LogP contribution in [0.1, 0.15) is 13.8 Å². The Morgan fingerprint density at radius 2 is 1.94 bits per heavy atom. The number of amides is 1. The van der Waals surface area contributed by atoms with Crippen molar-refractivity contribution >= 4 is 35.8 Å². The molecule has 0 saturated carbocycles. The van der Waals surface area contributed by atoms with Crippen LogP contribution in [0.5, 0.6) is 0 Å². The van der Waals surface area contributed by atoms with E-state index in [2.05, 4.69) is 10.3 Å². The standard InChI is InChI=1S/C9H17F3N4O.HI/c1-6(2)15-8(13)14-4-7(17)16(3)5-9(10,11)12;/h6H,4-5H2,1-3H3,(H3,13,14,15);1H. The fourth-order valence-electron chi connectivity index (χ4n) is 0.972. The van der Waals surface area contributed by atoms with Crippen molar-refractivity contribution in [1.82, 2.24) is 10.2 Å². The van der Waals surface area contributed by atoms with E-state index < -0.39 is 25.2 Å². The Bertz CT molecular complexity index is 294. The van der Waals surface area contributed by atoms with Gasteiger partial charge in [0.1, 0.15) is 13.1 Å². The van der Waals surface area contributed by atoms with Crippen LogP contribution in [-0.2, 0) is 4.79 Å². The van der Waals surface area contributed by atoms with Crippen LogP contribution in [0.15, 0.2) is 4.99 Å². The van der Waals surface area contributed by atoms with Gasteiger partial charge in [0, 0.05) is 13.1 Å². The van der Waals surface area contributed by atoms with Crippen LogP contribution in [0, 0.1) is 0 Å². The highest BCUT2D eigenvalue weighted by Gasteiger charge is 2.30. The molecule has 0 spiro atoms. The molecule has 9 heteroatoms. The van der Waals surface area contributed by atoms with Gasteiger partial charge < -0.3 is 16.0 Å². The van der Waals surface area contributed by atoms with Gasteiger partial charge in [0.2, 0.25) is 5.91 Å². The van der Waals surface area contributed by atoms with Gasteiger partial charge in [-0.2, -0.15) is 13.2 Å². The van der Waals surface area contributed by atoms with Crippen LogP contribution in [0.25, 0.3) is 0 Å². The Labute approximate surface area is 121 Å². The maximum absolute atomic E-state index is 12.0. The van der Waals surface area contributed by atoms with Crippen LogP contribution >= 0.6 is 24.0 Å². The summed E-state index contributed by atoms with van der Waals surface area (Å²) in [6, 6.07) is 0.0433. The van der Waals surface area contributed by atoms with Crippen molar-refractivity contribution in [3.8, 4) is 0 Å². The molecule has 0 bridgehead atoms. The minimum Gasteiger partial charge on any atom is -0.370 e. The monoisotopic (exact) mass is 382 g/mol. The van der Waals surface area contributed by atoms with Gasteiger partial charge in [-0.05, 0) is 13.8 Å². The van der Waals surface area contributed by atoms with Gasteiger partial charge in [0.15, 0.2) is 5.96 Å². The highest BCUT2D eigenvalue weighted by Crippen LogP contribution is 2.15. The lowest BCUT2D eigenvalue weighted by Crippen LogP contribution is -2.40. The number of alkyl halides is 3. The molecule has 0 aliphatic heterocycles. The Hall–Kier alpha value is -0.740. The Morgan fingerprint density at radius 3 is 2.33 bits per heavy atom. The fraction of sp³-hybridized carbons (Fsp3) is 0.778. The number of nitrogens with one attached hydrogen (secondary N) is 1. The zero-order valence-corrected chi connectivity index (χ0v) is 12.7. The SMILES string of the molecule is CC(C)NC(N)=NCC(=O)N(C)CC(F)(F)F.I. The van der Waals surface area contributed by atoms with E-state index in [1.807, 2.05) is 13.8 Å². The van der Waals surface area contributed by atoms with E-state index in [9.17, 15) is 18.0 Å². The van der Waals surface area contributed by atoms with Crippen molar-refractivity contribution in [2.75, 3.05) is 20.1 Å². The fourth-order valence-corrected chi connectivity index (χ4v) is 0.972. The summed E-state index contributed by atoms with van der Waals surface area (Å²) in [5.74, 6) is -0.704. The normalized spacial score (nSPS) is 12.1. The number of hydrogen-bond donors (Lipinski definition) is 2. The average Bonchev–Trinajstić information content (AvgIpc) is 2.10. The summed E-state index contributed by atoms with van der Waals surface area (Å²) < 4.78 is 35.9. The molecule has 0 fully saturated rings. The smallest absolute Gasteiger partial charge is 0.370 e. The predicted molar refractivity (Wildman–Crippen MR) is 73.9 cm³/mol. The summed E-state index contributed by atoms with van der Waals surface area (Å²) >= 11 is 0. The first-order valence-electron chi connectivity index (χ1n) is 4.99. The van der Waals surface area contributed by atoms with Crippen molar-refractivity contribution in [2.24, 2.45) is 10.7 Å². The molecule has 0 aliphatic carbocycles. The largest absolute Gasteiger partial charge is 0.406 e. The summed E-state index contributed by atoms with van der Waals surface area (Å²) in [4.78, 5) is 15.4. The predicted octanol–water partition coefficient (Wildman–Crippen LogP) is 0.938. The van der Waals surface area contributed by atoms with Crippen molar-refractivity contribution in [3.05, 3.63) is 0 Å². The molecular formula is C9H18F3IN4O. The molecule has 0 rings (SSSR count). The van der Waals surface area contributed by atoms with E-state index in [-0.39, 0.29) is 36.0 Å². The second kappa shape index (κ2) is 8.38. The molecule has 0 heterocycles. The van der Waals surface area contributed by atoms with Crippen molar-refractivity contribution < 1.29 is 18.0 Å². The number of nitrogens with zero attached hydrogens (tertiary/aromatic N) is 2. The molecule has 18 heavy (non-hydrogen) atoms. The van der Waals surface area contributed by atoms with E-state index in [0.717, 1.165) is 7.05 Å². The van der Waals surface area contributed by atoms with Gasteiger partial charge >= 0.3 is 6.18 Å². The Balaban J connectivity index is 0. The number of nitrogens with two attached hydrogens (primary N) is 1. The van der Waals surface area contributed by atoms with E-state index in [0.29, 0.717) is 4.90 Å². The molecule has 0 aromatic rings. The molecule has 0 aromatic heterocycles. The lowest BCUT2D eigenvalue weighted by molar-refractivity contribution is -0.157. The van der Waals surface area contributed by atoms with Crippen molar-refractivity contribution in [1.29, 1.82) is 0 Å². The van der Waals surface area contributed by atoms with Crippen molar-refractivity contribution in [2.45, 2.75) is 26.1 Å². The lowest BCUT2D eigenvalue weighted by atomic mass is 10.4. The first-order chi connectivity index (χ1) is 7.61. The Morgan fingerprint density at radius 1 is 1.44 bits per heavy atom. The molecule has 0 radical (unpaired) electrons. The van der Waals surface area contributed by atoms with Gasteiger partial charge in [-0.1, -0.05) is 0 Å². The van der Waals surface area contributed by atoms with E-state index in [1.165, 1.54) is 0 Å². The summed E-state index contributed by atoms with van der Waals surface area (Å²) in [7, 11) is 1.07. The molecule has 0 aromatic carbocycles. The molecule has 1 amide bonds. The van der Waals surface area contributed by atoms with Gasteiger partial charge in [-0.3, -0.25) is 4.79 Å². The van der Waals surface area contributed by atoms with Gasteiger partial charge in [0.05, 0.1) is 0 Å². The molecule has 3 N–H and O–H groups in total. The maximum atomic E-state index is 12.0. The highest BCUT2D eigenvalue weighted by atomic mass is 127. The van der Waals surface area contributed by atoms with Crippen LogP contribution < -0.4 is 11.1 Å². The summed E-state index contributed by atoms with van der Waals surface area (Å²) in [5, 5.41) is 2.72. The zero-order chi connectivity index (χ0) is 13.6. The number of rotatable bonds is 4. The molecule has 5 nitrogen and oxygen atoms in total. The van der Waals surface area contributed by atoms with E-state index in [1.54, 1.807) is 0 Å². The number of halogens is 4. The summed E-state index contributed by atoms with van der Waals surface area (Å²) in [6.07, 6.45) is -4.41. The minimum atomic E-state index is -4.41. The number of aliphatic imine (C=N–C) groups is 1. The topological polar surface area (TPSA) is 70.7 Å². The molecule has 0 atom stereocenters. The van der Waals surface area contributed by atoms with Crippen LogP contribution in [0.2, 0.25) is 0 Å². The summed E-state index contributed by atoms with van der Waals surface area (Å²) in [5.41, 5.74) is 5.40. The molecular weight excluding hydrogens is 364 g/mol. The third kappa shape index (κ3) is 10.4. The second-order valence-corrected chi connectivity index (χ2v) is 3.87. The highest BCUT2D eigenvalue weighted by molar-refractivity contribution is 14.0. The zero-order valence-electron chi connectivity index (χ0n) is 10.4. The number of carbonyl (C=O) groups is 1. The summed E-state index contributed by atoms with van der Waals surface area (Å²) in [6.45, 7) is 1.94. The minimum absolute atomic E-state index is 0. The first-order valence-corrected chi connectivity index (χ1v) is 4.99. The van der Waals surface area contributed by atoms with Gasteiger partial charge in [-0.15, -0.1) is 24.0 Å². The maximum Gasteiger partial charge on any atom is 0.406 e. The number of guanidine groups is 1. The first kappa shape index (κ1) is 19.6. The van der Waals surface area contributed by atoms with Crippen LogP contribution in [-0.4, -0.2) is 49.1 Å². The third-order valence-electron chi connectivity index (χ3n) is 1.66. The van der Waals surface area contributed by atoms with E-state index >= 15 is 0 Å². The third-order valence-corrected chi connectivity index (χ3v) is 1.66. The molecule has 108 valence electrons. The van der Waals surface area contributed by atoms with Gasteiger partial charge in [0.25, 0.3) is 0 Å². The van der Waals surface area contributed by atoms with Crippen LogP contribution in [0.3, 0.4) is 0 Å². The molecule has 0 unspecified atom stereocenters. The van der Waals surface area contributed by atoms with Crippen molar-refractivity contribution in [3.63, 3.8) is 0 Å². The molecule has 0 saturated heterocycles. The Kier molecular flexibility index (Phi) is 9.12. The number of carbonyl (C=O) groups excluding carboxylic acids is 1. The number of hydrogen-bond acceptors (Lipinski definition) is 2. The molecule has 0 aliphatic rings. The van der Waals surface area contributed by atoms with E-state index in [4.69, 9.17) is 5.73 Å². The average molecular weight is 382 g/mol. The van der Waals surface area contributed by atoms with Gasteiger partial charge in [-0.25, -0.2) is 4.99 Å². The lowest BCUT2D eigenvalue weighted by Gasteiger charge is -2.18. The quantitative estimate of drug-likeness (QED) is 0.432. The number of likely N-dealkylation sites (N-methyl/N-ethyl adjacent to an activating group) is 1. The second-order valence-electron chi connectivity index (χ2n) is 3.87. The van der Waals surface area contributed by atoms with Crippen LogP contribution in [0.4, 0.5) is 13.2 Å².